The van der Waals surface area contributed by atoms with Gasteiger partial charge in [0.2, 0.25) is 5.60 Å². The summed E-state index contributed by atoms with van der Waals surface area (Å²) < 4.78 is 71.9. The lowest BCUT2D eigenvalue weighted by atomic mass is 10.1. The van der Waals surface area contributed by atoms with E-state index in [0.29, 0.717) is 12.4 Å². The number of alkyl halides is 3. The van der Waals surface area contributed by atoms with E-state index in [0.717, 1.165) is 23.8 Å². The molecule has 0 aliphatic heterocycles. The number of hydrogen-bond acceptors (Lipinski definition) is 5. The van der Waals surface area contributed by atoms with Crippen molar-refractivity contribution in [2.24, 2.45) is 0 Å². The molecule has 3 aromatic rings. The second kappa shape index (κ2) is 10.1. The van der Waals surface area contributed by atoms with Crippen molar-refractivity contribution < 1.29 is 36.2 Å². The van der Waals surface area contributed by atoms with Gasteiger partial charge in [0.15, 0.2) is 0 Å². The fourth-order valence-corrected chi connectivity index (χ4v) is 4.09. The van der Waals surface area contributed by atoms with Crippen molar-refractivity contribution in [2.75, 3.05) is 10.0 Å². The zero-order valence-electron chi connectivity index (χ0n) is 18.1. The normalized spacial score (nSPS) is 13.5. The monoisotopic (exact) mass is 528 g/mol. The molecule has 0 aliphatic rings. The number of benzene rings is 3. The molecule has 0 saturated carbocycles. The molecule has 0 aliphatic carbocycles. The first-order valence-corrected chi connectivity index (χ1v) is 11.9. The van der Waals surface area contributed by atoms with Crippen LogP contribution < -0.4 is 14.8 Å². The molecule has 0 radical (unpaired) electrons. The highest BCUT2D eigenvalue weighted by atomic mass is 35.5. The maximum absolute atomic E-state index is 12.8. The van der Waals surface area contributed by atoms with Crippen LogP contribution in [0.5, 0.6) is 5.75 Å². The third-order valence-corrected chi connectivity index (χ3v) is 6.54. The molecule has 0 aromatic heterocycles. The van der Waals surface area contributed by atoms with E-state index in [9.17, 15) is 31.5 Å². The highest BCUT2D eigenvalue weighted by molar-refractivity contribution is 7.92. The Balaban J connectivity index is 1.67. The van der Waals surface area contributed by atoms with Crippen molar-refractivity contribution in [3.63, 3.8) is 0 Å². The first-order valence-electron chi connectivity index (χ1n) is 9.99. The third kappa shape index (κ3) is 6.44. The van der Waals surface area contributed by atoms with Crippen molar-refractivity contribution >= 4 is 38.9 Å². The number of halogens is 4. The van der Waals surface area contributed by atoms with Crippen LogP contribution in [0, 0.1) is 0 Å². The summed E-state index contributed by atoms with van der Waals surface area (Å²) in [5, 5.41) is 10.9. The van der Waals surface area contributed by atoms with E-state index in [4.69, 9.17) is 16.3 Å². The average Bonchev–Trinajstić information content (AvgIpc) is 2.79. The summed E-state index contributed by atoms with van der Waals surface area (Å²) in [7, 11) is -4.12. The van der Waals surface area contributed by atoms with E-state index in [1.54, 1.807) is 12.1 Å². The van der Waals surface area contributed by atoms with Crippen molar-refractivity contribution in [3.05, 3.63) is 83.4 Å². The van der Waals surface area contributed by atoms with Gasteiger partial charge in [0.05, 0.1) is 15.6 Å². The summed E-state index contributed by atoms with van der Waals surface area (Å²) in [6.45, 7) is 0.628. The molecule has 0 spiro atoms. The number of carbonyl (C=O) groups excluding carboxylic acids is 1. The van der Waals surface area contributed by atoms with Crippen LogP contribution in [0.4, 0.5) is 24.5 Å². The fourth-order valence-electron chi connectivity index (χ4n) is 2.71. The zero-order chi connectivity index (χ0) is 25.9. The number of sulfonamides is 1. The van der Waals surface area contributed by atoms with Gasteiger partial charge in [-0.1, -0.05) is 41.9 Å². The molecule has 0 heterocycles. The lowest BCUT2D eigenvalue weighted by Gasteiger charge is -2.25. The van der Waals surface area contributed by atoms with Crippen LogP contribution >= 0.6 is 11.6 Å². The number of carbonyl (C=O) groups is 1. The molecule has 0 saturated heterocycles. The molecule has 0 bridgehead atoms. The van der Waals surface area contributed by atoms with Crippen LogP contribution in [0.25, 0.3) is 0 Å². The van der Waals surface area contributed by atoms with E-state index in [1.165, 1.54) is 12.1 Å². The summed E-state index contributed by atoms with van der Waals surface area (Å²) in [5.74, 6) is -1.25. The molecule has 3 rings (SSSR count). The third-order valence-electron chi connectivity index (χ3n) is 4.85. The zero-order valence-corrected chi connectivity index (χ0v) is 19.7. The van der Waals surface area contributed by atoms with E-state index in [1.807, 2.05) is 35.6 Å². The van der Waals surface area contributed by atoms with Crippen LogP contribution in [0.3, 0.4) is 0 Å². The second-order valence-corrected chi connectivity index (χ2v) is 9.66. The van der Waals surface area contributed by atoms with Crippen molar-refractivity contribution in [2.45, 2.75) is 30.2 Å². The van der Waals surface area contributed by atoms with Gasteiger partial charge in [0.25, 0.3) is 15.9 Å². The molecular formula is C23H20ClF3N2O5S. The SMILES string of the molecule is CC(O)(C(=O)Nc1ccc(S(=O)(=O)Nc2ccc(OCc3ccccc3)cc2)cc1Cl)C(F)(F)F. The Morgan fingerprint density at radius 1 is 1.03 bits per heavy atom. The lowest BCUT2D eigenvalue weighted by molar-refractivity contribution is -0.242. The van der Waals surface area contributed by atoms with Gasteiger partial charge in [-0.3, -0.25) is 9.52 Å². The van der Waals surface area contributed by atoms with E-state index in [-0.39, 0.29) is 28.2 Å². The van der Waals surface area contributed by atoms with Gasteiger partial charge in [0.1, 0.15) is 12.4 Å². The van der Waals surface area contributed by atoms with E-state index >= 15 is 0 Å². The van der Waals surface area contributed by atoms with Gasteiger partial charge in [0, 0.05) is 5.69 Å². The minimum absolute atomic E-state index is 0.229. The largest absolute Gasteiger partial charge is 0.489 e. The summed E-state index contributed by atoms with van der Waals surface area (Å²) in [6, 6.07) is 18.6. The second-order valence-electron chi connectivity index (χ2n) is 7.57. The standard InChI is InChI=1S/C23H20ClF3N2O5S/c1-22(31,23(25,26)27)21(30)28-20-12-11-18(13-19(20)24)35(32,33)29-16-7-9-17(10-8-16)34-14-15-5-3-2-4-6-15/h2-13,29,31H,14H2,1H3,(H,28,30). The maximum Gasteiger partial charge on any atom is 0.426 e. The van der Waals surface area contributed by atoms with Gasteiger partial charge < -0.3 is 15.2 Å². The average molecular weight is 529 g/mol. The number of aliphatic hydroxyl groups is 1. The predicted molar refractivity (Wildman–Crippen MR) is 125 cm³/mol. The summed E-state index contributed by atoms with van der Waals surface area (Å²) in [4.78, 5) is 11.5. The van der Waals surface area contributed by atoms with Crippen LogP contribution in [0.2, 0.25) is 5.02 Å². The van der Waals surface area contributed by atoms with Crippen LogP contribution in [-0.2, 0) is 21.4 Å². The number of amides is 1. The summed E-state index contributed by atoms with van der Waals surface area (Å²) in [5.41, 5.74) is -2.78. The van der Waals surface area contributed by atoms with Gasteiger partial charge in [-0.15, -0.1) is 0 Å². The number of rotatable bonds is 8. The molecule has 3 N–H and O–H groups in total. The molecule has 0 fully saturated rings. The van der Waals surface area contributed by atoms with Gasteiger partial charge in [-0.05, 0) is 55.0 Å². The molecule has 1 atom stereocenters. The van der Waals surface area contributed by atoms with Crippen molar-refractivity contribution in [3.8, 4) is 5.75 Å². The number of anilines is 2. The Kier molecular flexibility index (Phi) is 7.63. The predicted octanol–water partition coefficient (Wildman–Crippen LogP) is 4.97. The molecule has 12 heteroatoms. The summed E-state index contributed by atoms with van der Waals surface area (Å²) >= 11 is 5.97. The first-order chi connectivity index (χ1) is 16.3. The minimum Gasteiger partial charge on any atom is -0.489 e. The molecule has 35 heavy (non-hydrogen) atoms. The van der Waals surface area contributed by atoms with Crippen LogP contribution in [-0.4, -0.2) is 31.2 Å². The number of hydrogen-bond donors (Lipinski definition) is 3. The Morgan fingerprint density at radius 2 is 1.66 bits per heavy atom. The Bertz CT molecular complexity index is 1300. The quantitative estimate of drug-likeness (QED) is 0.383. The molecule has 3 aromatic carbocycles. The maximum atomic E-state index is 12.8. The highest BCUT2D eigenvalue weighted by Crippen LogP contribution is 2.33. The topological polar surface area (TPSA) is 105 Å². The Hall–Kier alpha value is -3.28. The van der Waals surface area contributed by atoms with Gasteiger partial charge in [-0.25, -0.2) is 8.42 Å². The summed E-state index contributed by atoms with van der Waals surface area (Å²) in [6.07, 6.45) is -5.22. The molecule has 186 valence electrons. The molecule has 1 unspecified atom stereocenters. The van der Waals surface area contributed by atoms with Gasteiger partial charge in [-0.2, -0.15) is 13.2 Å². The van der Waals surface area contributed by atoms with Gasteiger partial charge >= 0.3 is 6.18 Å². The van der Waals surface area contributed by atoms with Crippen LogP contribution in [0.15, 0.2) is 77.7 Å². The number of ether oxygens (including phenoxy) is 1. The van der Waals surface area contributed by atoms with E-state index < -0.39 is 27.7 Å². The molecular weight excluding hydrogens is 509 g/mol. The van der Waals surface area contributed by atoms with E-state index in [2.05, 4.69) is 4.72 Å². The Morgan fingerprint density at radius 3 is 2.23 bits per heavy atom. The fraction of sp³-hybridized carbons (Fsp3) is 0.174. The van der Waals surface area contributed by atoms with Crippen molar-refractivity contribution in [1.82, 2.24) is 0 Å². The number of nitrogens with one attached hydrogen (secondary N) is 2. The molecule has 1 amide bonds. The van der Waals surface area contributed by atoms with Crippen molar-refractivity contribution in [1.29, 1.82) is 0 Å². The Labute approximate surface area is 204 Å². The first kappa shape index (κ1) is 26.3. The van der Waals surface area contributed by atoms with Crippen LogP contribution in [0.1, 0.15) is 12.5 Å². The minimum atomic E-state index is -5.22. The molecule has 7 nitrogen and oxygen atoms in total. The highest BCUT2D eigenvalue weighted by Gasteiger charge is 2.55. The lowest BCUT2D eigenvalue weighted by Crippen LogP contribution is -2.52. The smallest absolute Gasteiger partial charge is 0.426 e.